The van der Waals surface area contributed by atoms with Gasteiger partial charge in [-0.1, -0.05) is 17.3 Å². The molecule has 0 saturated carbocycles. The standard InChI is InChI=1S/C18H22N4O3/c1-12-9-16(21-25-12)20-18(24)13(2)19-15-6-3-5-14(10-15)11-22-8-4-7-17(22)23/h3,5-6,9-10,13,19H,4,7-8,11H2,1-2H3,(H,20,21,24). The van der Waals surface area contributed by atoms with Crippen LogP contribution in [0.5, 0.6) is 0 Å². The van der Waals surface area contributed by atoms with Crippen molar-refractivity contribution in [2.24, 2.45) is 0 Å². The molecule has 0 aliphatic carbocycles. The summed E-state index contributed by atoms with van der Waals surface area (Å²) in [6.45, 7) is 4.96. The number of hydrogen-bond acceptors (Lipinski definition) is 5. The van der Waals surface area contributed by atoms with Crippen LogP contribution in [0.3, 0.4) is 0 Å². The van der Waals surface area contributed by atoms with Gasteiger partial charge in [0.15, 0.2) is 5.82 Å². The number of benzene rings is 1. The van der Waals surface area contributed by atoms with Gasteiger partial charge in [0.2, 0.25) is 11.8 Å². The van der Waals surface area contributed by atoms with Crippen LogP contribution >= 0.6 is 0 Å². The Morgan fingerprint density at radius 1 is 1.40 bits per heavy atom. The molecule has 0 spiro atoms. The van der Waals surface area contributed by atoms with E-state index < -0.39 is 6.04 Å². The third kappa shape index (κ3) is 4.37. The van der Waals surface area contributed by atoms with E-state index in [1.54, 1.807) is 19.9 Å². The molecular formula is C18H22N4O3. The maximum absolute atomic E-state index is 12.2. The van der Waals surface area contributed by atoms with Crippen LogP contribution in [0.1, 0.15) is 31.1 Å². The lowest BCUT2D eigenvalue weighted by atomic mass is 10.1. The van der Waals surface area contributed by atoms with Gasteiger partial charge in [-0.25, -0.2) is 0 Å². The van der Waals surface area contributed by atoms with Gasteiger partial charge >= 0.3 is 0 Å². The van der Waals surface area contributed by atoms with Crippen molar-refractivity contribution in [3.63, 3.8) is 0 Å². The number of nitrogens with one attached hydrogen (secondary N) is 2. The Hall–Kier alpha value is -2.83. The molecule has 0 radical (unpaired) electrons. The summed E-state index contributed by atoms with van der Waals surface area (Å²) in [6.07, 6.45) is 1.56. The first-order chi connectivity index (χ1) is 12.0. The van der Waals surface area contributed by atoms with Crippen LogP contribution in [-0.2, 0) is 16.1 Å². The van der Waals surface area contributed by atoms with Gasteiger partial charge in [-0.15, -0.1) is 0 Å². The minimum atomic E-state index is -0.444. The number of aromatic nitrogens is 1. The molecule has 7 heteroatoms. The molecule has 0 bridgehead atoms. The monoisotopic (exact) mass is 342 g/mol. The fraction of sp³-hybridized carbons (Fsp3) is 0.389. The second-order valence-corrected chi connectivity index (χ2v) is 6.30. The number of amides is 2. The third-order valence-electron chi connectivity index (χ3n) is 4.13. The molecule has 2 amide bonds. The summed E-state index contributed by atoms with van der Waals surface area (Å²) in [5, 5.41) is 9.63. The van der Waals surface area contributed by atoms with Crippen LogP contribution in [0.25, 0.3) is 0 Å². The minimum absolute atomic E-state index is 0.201. The average Bonchev–Trinajstić information content (AvgIpc) is 3.16. The van der Waals surface area contributed by atoms with Crippen molar-refractivity contribution in [2.45, 2.75) is 39.3 Å². The van der Waals surface area contributed by atoms with Crippen LogP contribution in [0.2, 0.25) is 0 Å². The number of nitrogens with zero attached hydrogens (tertiary/aromatic N) is 2. The summed E-state index contributed by atoms with van der Waals surface area (Å²) in [4.78, 5) is 25.8. The molecule has 1 aromatic heterocycles. The molecule has 1 aliphatic heterocycles. The summed E-state index contributed by atoms with van der Waals surface area (Å²) >= 11 is 0. The maximum atomic E-state index is 12.2. The molecule has 25 heavy (non-hydrogen) atoms. The second kappa shape index (κ2) is 7.38. The zero-order valence-corrected chi connectivity index (χ0v) is 14.4. The van der Waals surface area contributed by atoms with Gasteiger partial charge in [0.05, 0.1) is 0 Å². The lowest BCUT2D eigenvalue weighted by molar-refractivity contribution is -0.128. The quantitative estimate of drug-likeness (QED) is 0.842. The minimum Gasteiger partial charge on any atom is -0.374 e. The van der Waals surface area contributed by atoms with E-state index in [4.69, 9.17) is 4.52 Å². The van der Waals surface area contributed by atoms with Crippen molar-refractivity contribution in [3.05, 3.63) is 41.7 Å². The predicted octanol–water partition coefficient (Wildman–Crippen LogP) is 2.54. The Morgan fingerprint density at radius 3 is 2.92 bits per heavy atom. The molecule has 132 valence electrons. The fourth-order valence-corrected chi connectivity index (χ4v) is 2.83. The van der Waals surface area contributed by atoms with Crippen molar-refractivity contribution in [3.8, 4) is 0 Å². The summed E-state index contributed by atoms with van der Waals surface area (Å²) in [7, 11) is 0. The first-order valence-corrected chi connectivity index (χ1v) is 8.39. The molecule has 3 rings (SSSR count). The van der Waals surface area contributed by atoms with E-state index in [1.807, 2.05) is 29.2 Å². The molecule has 7 nitrogen and oxygen atoms in total. The van der Waals surface area contributed by atoms with E-state index in [0.717, 1.165) is 24.2 Å². The van der Waals surface area contributed by atoms with Crippen LogP contribution in [0, 0.1) is 6.92 Å². The van der Waals surface area contributed by atoms with E-state index in [2.05, 4.69) is 15.8 Å². The highest BCUT2D eigenvalue weighted by molar-refractivity contribution is 5.95. The molecule has 1 atom stereocenters. The van der Waals surface area contributed by atoms with Crippen molar-refractivity contribution in [1.29, 1.82) is 0 Å². The third-order valence-corrected chi connectivity index (χ3v) is 4.13. The molecule has 1 aliphatic rings. The van der Waals surface area contributed by atoms with Crippen molar-refractivity contribution < 1.29 is 14.1 Å². The smallest absolute Gasteiger partial charge is 0.247 e. The summed E-state index contributed by atoms with van der Waals surface area (Å²) in [5.74, 6) is 1.04. The number of carbonyl (C=O) groups excluding carboxylic acids is 2. The summed E-state index contributed by atoms with van der Waals surface area (Å²) < 4.78 is 4.93. The average molecular weight is 342 g/mol. The Kier molecular flexibility index (Phi) is 5.02. The Bertz CT molecular complexity index is 771. The fourth-order valence-electron chi connectivity index (χ4n) is 2.83. The van der Waals surface area contributed by atoms with Crippen molar-refractivity contribution >= 4 is 23.3 Å². The molecule has 1 saturated heterocycles. The number of aryl methyl sites for hydroxylation is 1. The molecule has 1 fully saturated rings. The van der Waals surface area contributed by atoms with E-state index in [-0.39, 0.29) is 11.8 Å². The zero-order chi connectivity index (χ0) is 17.8. The summed E-state index contributed by atoms with van der Waals surface area (Å²) in [6, 6.07) is 9.00. The molecular weight excluding hydrogens is 320 g/mol. The Balaban J connectivity index is 1.59. The first-order valence-electron chi connectivity index (χ1n) is 8.39. The SMILES string of the molecule is Cc1cc(NC(=O)C(C)Nc2cccc(CN3CCCC3=O)c2)no1. The topological polar surface area (TPSA) is 87.5 Å². The predicted molar refractivity (Wildman–Crippen MR) is 94.0 cm³/mol. The van der Waals surface area contributed by atoms with Gasteiger partial charge in [-0.3, -0.25) is 9.59 Å². The van der Waals surface area contributed by atoms with Gasteiger partial charge in [-0.2, -0.15) is 0 Å². The number of hydrogen-bond donors (Lipinski definition) is 2. The molecule has 1 aromatic carbocycles. The number of carbonyl (C=O) groups is 2. The Morgan fingerprint density at radius 2 is 2.24 bits per heavy atom. The van der Waals surface area contributed by atoms with Gasteiger partial charge in [0.25, 0.3) is 0 Å². The van der Waals surface area contributed by atoms with Crippen molar-refractivity contribution in [2.75, 3.05) is 17.2 Å². The first kappa shape index (κ1) is 17.0. The summed E-state index contributed by atoms with van der Waals surface area (Å²) in [5.41, 5.74) is 1.88. The molecule has 2 N–H and O–H groups in total. The largest absolute Gasteiger partial charge is 0.374 e. The van der Waals surface area contributed by atoms with Gasteiger partial charge in [-0.05, 0) is 38.0 Å². The highest BCUT2D eigenvalue weighted by Gasteiger charge is 2.20. The molecule has 2 heterocycles. The van der Waals surface area contributed by atoms with Crippen molar-refractivity contribution in [1.82, 2.24) is 10.1 Å². The van der Waals surface area contributed by atoms with Crippen LogP contribution in [-0.4, -0.2) is 34.5 Å². The highest BCUT2D eigenvalue weighted by atomic mass is 16.5. The van der Waals surface area contributed by atoms with Crippen LogP contribution < -0.4 is 10.6 Å². The second-order valence-electron chi connectivity index (χ2n) is 6.30. The van der Waals surface area contributed by atoms with E-state index in [9.17, 15) is 9.59 Å². The van der Waals surface area contributed by atoms with E-state index >= 15 is 0 Å². The van der Waals surface area contributed by atoms with E-state index in [1.165, 1.54) is 0 Å². The number of anilines is 2. The highest BCUT2D eigenvalue weighted by Crippen LogP contribution is 2.18. The maximum Gasteiger partial charge on any atom is 0.247 e. The molecule has 1 unspecified atom stereocenters. The normalized spacial score (nSPS) is 15.3. The van der Waals surface area contributed by atoms with Gasteiger partial charge in [0.1, 0.15) is 11.8 Å². The number of rotatable bonds is 6. The van der Waals surface area contributed by atoms with Gasteiger partial charge < -0.3 is 20.1 Å². The van der Waals surface area contributed by atoms with E-state index in [0.29, 0.717) is 24.5 Å². The van der Waals surface area contributed by atoms with Gasteiger partial charge in [0, 0.05) is 31.3 Å². The van der Waals surface area contributed by atoms with Crippen LogP contribution in [0.4, 0.5) is 11.5 Å². The zero-order valence-electron chi connectivity index (χ0n) is 14.4. The lowest BCUT2D eigenvalue weighted by Gasteiger charge is -2.18. The molecule has 2 aromatic rings. The lowest BCUT2D eigenvalue weighted by Crippen LogP contribution is -2.32. The number of likely N-dealkylation sites (tertiary alicyclic amines) is 1. The van der Waals surface area contributed by atoms with Crippen LogP contribution in [0.15, 0.2) is 34.9 Å². The Labute approximate surface area is 146 Å².